The van der Waals surface area contributed by atoms with E-state index in [0.717, 1.165) is 5.69 Å². The quantitative estimate of drug-likeness (QED) is 0.577. The second-order valence-electron chi connectivity index (χ2n) is 5.31. The number of furan rings is 1. The molecule has 6 heteroatoms. The Morgan fingerprint density at radius 3 is 2.79 bits per heavy atom. The summed E-state index contributed by atoms with van der Waals surface area (Å²) in [6.07, 6.45) is 6.22. The highest BCUT2D eigenvalue weighted by atomic mass is 16.5. The fourth-order valence-electron chi connectivity index (χ4n) is 2.17. The maximum Gasteiger partial charge on any atom is 0.310 e. The first-order valence-corrected chi connectivity index (χ1v) is 7.58. The standard InChI is InChI=1S/C18H20N2O4/c1-14(18(22)23-2)12-20(13-15-6-3-4-10-19-15)17(21)9-8-16-7-5-11-24-16/h3-11,14H,12-13H2,1-2H3/b9-8+. The number of aromatic nitrogens is 1. The van der Waals surface area contributed by atoms with Crippen molar-refractivity contribution in [3.8, 4) is 0 Å². The summed E-state index contributed by atoms with van der Waals surface area (Å²) in [4.78, 5) is 30.0. The van der Waals surface area contributed by atoms with Crippen LogP contribution in [-0.2, 0) is 20.9 Å². The molecule has 1 atom stereocenters. The van der Waals surface area contributed by atoms with Gasteiger partial charge in [0, 0.05) is 18.8 Å². The smallest absolute Gasteiger partial charge is 0.310 e. The molecule has 0 aromatic carbocycles. The van der Waals surface area contributed by atoms with Gasteiger partial charge in [-0.05, 0) is 30.3 Å². The molecule has 1 amide bonds. The van der Waals surface area contributed by atoms with E-state index in [-0.39, 0.29) is 18.4 Å². The van der Waals surface area contributed by atoms with Gasteiger partial charge in [0.05, 0.1) is 31.5 Å². The molecule has 0 aliphatic rings. The van der Waals surface area contributed by atoms with Gasteiger partial charge < -0.3 is 14.1 Å². The fourth-order valence-corrected chi connectivity index (χ4v) is 2.17. The lowest BCUT2D eigenvalue weighted by atomic mass is 10.1. The van der Waals surface area contributed by atoms with Gasteiger partial charge in [-0.25, -0.2) is 0 Å². The third kappa shape index (κ3) is 5.08. The van der Waals surface area contributed by atoms with Gasteiger partial charge in [0.2, 0.25) is 5.91 Å². The lowest BCUT2D eigenvalue weighted by molar-refractivity contribution is -0.146. The molecule has 0 bridgehead atoms. The zero-order chi connectivity index (χ0) is 17.4. The Kier molecular flexibility index (Phi) is 6.31. The topological polar surface area (TPSA) is 72.6 Å². The Bertz CT molecular complexity index is 680. The van der Waals surface area contributed by atoms with Crippen molar-refractivity contribution in [2.75, 3.05) is 13.7 Å². The predicted molar refractivity (Wildman–Crippen MR) is 88.6 cm³/mol. The summed E-state index contributed by atoms with van der Waals surface area (Å²) in [5, 5.41) is 0. The van der Waals surface area contributed by atoms with Crippen molar-refractivity contribution in [3.05, 3.63) is 60.3 Å². The van der Waals surface area contributed by atoms with E-state index in [1.54, 1.807) is 36.2 Å². The molecule has 0 aliphatic heterocycles. The van der Waals surface area contributed by atoms with E-state index in [0.29, 0.717) is 12.3 Å². The average Bonchev–Trinajstić information content (AvgIpc) is 3.12. The molecule has 2 aromatic heterocycles. The van der Waals surface area contributed by atoms with Crippen LogP contribution < -0.4 is 0 Å². The minimum atomic E-state index is -0.431. The van der Waals surface area contributed by atoms with Crippen molar-refractivity contribution >= 4 is 18.0 Å². The number of rotatable bonds is 7. The Hall–Kier alpha value is -2.89. The molecule has 1 unspecified atom stereocenters. The largest absolute Gasteiger partial charge is 0.469 e. The predicted octanol–water partition coefficient (Wildman–Crippen LogP) is 2.53. The fraction of sp³-hybridized carbons (Fsp3) is 0.278. The Labute approximate surface area is 140 Å². The minimum Gasteiger partial charge on any atom is -0.469 e. The molecule has 126 valence electrons. The van der Waals surface area contributed by atoms with Crippen molar-refractivity contribution in [1.82, 2.24) is 9.88 Å². The van der Waals surface area contributed by atoms with Crippen LogP contribution in [0, 0.1) is 5.92 Å². The van der Waals surface area contributed by atoms with Gasteiger partial charge in [-0.2, -0.15) is 0 Å². The van der Waals surface area contributed by atoms with Crippen LogP contribution in [0.25, 0.3) is 6.08 Å². The third-order valence-electron chi connectivity index (χ3n) is 3.42. The summed E-state index contributed by atoms with van der Waals surface area (Å²) in [6.45, 7) is 2.27. The zero-order valence-electron chi connectivity index (χ0n) is 13.7. The van der Waals surface area contributed by atoms with Gasteiger partial charge in [-0.15, -0.1) is 0 Å². The number of carbonyl (C=O) groups excluding carboxylic acids is 2. The number of esters is 1. The van der Waals surface area contributed by atoms with Crippen LogP contribution in [-0.4, -0.2) is 35.4 Å². The van der Waals surface area contributed by atoms with Crippen molar-refractivity contribution in [2.24, 2.45) is 5.92 Å². The molecule has 0 radical (unpaired) electrons. The summed E-state index contributed by atoms with van der Waals surface area (Å²) in [6, 6.07) is 9.00. The highest BCUT2D eigenvalue weighted by Crippen LogP contribution is 2.10. The second-order valence-corrected chi connectivity index (χ2v) is 5.31. The molecule has 6 nitrogen and oxygen atoms in total. The molecule has 0 saturated heterocycles. The summed E-state index contributed by atoms with van der Waals surface area (Å²) in [5.41, 5.74) is 0.745. The highest BCUT2D eigenvalue weighted by Gasteiger charge is 2.21. The number of hydrogen-bond acceptors (Lipinski definition) is 5. The number of methoxy groups -OCH3 is 1. The van der Waals surface area contributed by atoms with Gasteiger partial charge >= 0.3 is 5.97 Å². The first-order chi connectivity index (χ1) is 11.6. The number of nitrogens with zero attached hydrogens (tertiary/aromatic N) is 2. The molecule has 2 aromatic rings. The summed E-state index contributed by atoms with van der Waals surface area (Å²) in [5.74, 6) is -0.432. The Morgan fingerprint density at radius 2 is 2.17 bits per heavy atom. The lowest BCUT2D eigenvalue weighted by Gasteiger charge is -2.23. The molecule has 0 N–H and O–H groups in total. The highest BCUT2D eigenvalue weighted by molar-refractivity contribution is 5.91. The minimum absolute atomic E-state index is 0.229. The number of amides is 1. The van der Waals surface area contributed by atoms with E-state index in [1.807, 2.05) is 18.2 Å². The van der Waals surface area contributed by atoms with Gasteiger partial charge in [0.1, 0.15) is 5.76 Å². The maximum absolute atomic E-state index is 12.5. The molecule has 2 rings (SSSR count). The SMILES string of the molecule is COC(=O)C(C)CN(Cc1ccccn1)C(=O)/C=C/c1ccco1. The van der Waals surface area contributed by atoms with E-state index in [9.17, 15) is 9.59 Å². The molecule has 0 aliphatic carbocycles. The third-order valence-corrected chi connectivity index (χ3v) is 3.42. The first kappa shape index (κ1) is 17.5. The summed E-state index contributed by atoms with van der Waals surface area (Å²) < 4.78 is 9.91. The van der Waals surface area contributed by atoms with E-state index in [1.165, 1.54) is 19.4 Å². The van der Waals surface area contributed by atoms with Gasteiger partial charge in [0.25, 0.3) is 0 Å². The van der Waals surface area contributed by atoms with Crippen molar-refractivity contribution in [2.45, 2.75) is 13.5 Å². The Balaban J connectivity index is 2.11. The molecule has 2 heterocycles. The lowest BCUT2D eigenvalue weighted by Crippen LogP contribution is -2.36. The van der Waals surface area contributed by atoms with Gasteiger partial charge in [-0.3, -0.25) is 14.6 Å². The van der Waals surface area contributed by atoms with Crippen LogP contribution >= 0.6 is 0 Å². The normalized spacial score (nSPS) is 12.1. The Morgan fingerprint density at radius 1 is 1.33 bits per heavy atom. The van der Waals surface area contributed by atoms with Crippen LogP contribution in [0.5, 0.6) is 0 Å². The van der Waals surface area contributed by atoms with Gasteiger partial charge in [0.15, 0.2) is 0 Å². The van der Waals surface area contributed by atoms with E-state index in [2.05, 4.69) is 4.98 Å². The summed E-state index contributed by atoms with van der Waals surface area (Å²) >= 11 is 0. The van der Waals surface area contributed by atoms with Crippen LogP contribution in [0.4, 0.5) is 0 Å². The van der Waals surface area contributed by atoms with Crippen molar-refractivity contribution in [3.63, 3.8) is 0 Å². The van der Waals surface area contributed by atoms with Gasteiger partial charge in [-0.1, -0.05) is 13.0 Å². The summed E-state index contributed by atoms with van der Waals surface area (Å²) in [7, 11) is 1.33. The molecular formula is C18H20N2O4. The van der Waals surface area contributed by atoms with E-state index < -0.39 is 5.92 Å². The van der Waals surface area contributed by atoms with E-state index in [4.69, 9.17) is 9.15 Å². The van der Waals surface area contributed by atoms with Crippen LogP contribution in [0.2, 0.25) is 0 Å². The average molecular weight is 328 g/mol. The molecule has 0 fully saturated rings. The molecule has 24 heavy (non-hydrogen) atoms. The molecular weight excluding hydrogens is 308 g/mol. The van der Waals surface area contributed by atoms with Crippen molar-refractivity contribution < 1.29 is 18.7 Å². The zero-order valence-corrected chi connectivity index (χ0v) is 13.7. The molecule has 0 saturated carbocycles. The number of ether oxygens (including phenoxy) is 1. The second kappa shape index (κ2) is 8.67. The molecule has 0 spiro atoms. The van der Waals surface area contributed by atoms with Crippen LogP contribution in [0.1, 0.15) is 18.4 Å². The first-order valence-electron chi connectivity index (χ1n) is 7.58. The van der Waals surface area contributed by atoms with Crippen molar-refractivity contribution in [1.29, 1.82) is 0 Å². The van der Waals surface area contributed by atoms with Crippen LogP contribution in [0.15, 0.2) is 53.3 Å². The number of hydrogen-bond donors (Lipinski definition) is 0. The van der Waals surface area contributed by atoms with E-state index >= 15 is 0 Å². The number of carbonyl (C=O) groups is 2. The van der Waals surface area contributed by atoms with Crippen LogP contribution in [0.3, 0.4) is 0 Å². The number of pyridine rings is 1. The monoisotopic (exact) mass is 328 g/mol. The maximum atomic E-state index is 12.5.